The summed E-state index contributed by atoms with van der Waals surface area (Å²) in [7, 11) is 0. The van der Waals surface area contributed by atoms with Gasteiger partial charge in [0.15, 0.2) is 47.1 Å². The largest absolute Gasteiger partial charge is 0.472 e. The number of rotatable bonds is 0. The average molecular weight is 749 g/mol. The van der Waals surface area contributed by atoms with E-state index in [1.165, 1.54) is 34.4 Å². The van der Waals surface area contributed by atoms with Crippen LogP contribution >= 0.6 is 25.8 Å². The van der Waals surface area contributed by atoms with E-state index >= 15 is 8.78 Å². The molecule has 5 aliphatic rings. The number of nitrogens with zero attached hydrogens (tertiary/aromatic N) is 8. The van der Waals surface area contributed by atoms with Crippen molar-refractivity contribution in [1.29, 1.82) is 0 Å². The minimum Gasteiger partial charge on any atom is -0.472 e. The molecule has 0 aromatic carbocycles. The molecule has 256 valence electrons. The fourth-order valence-corrected chi connectivity index (χ4v) is 8.61. The van der Waals surface area contributed by atoms with Crippen molar-refractivity contribution in [2.75, 3.05) is 26.4 Å². The Hall–Kier alpha value is -2.75. The van der Waals surface area contributed by atoms with Crippen molar-refractivity contribution >= 4 is 59.9 Å². The highest BCUT2D eigenvalue weighted by atomic mass is 32.7. The van der Waals surface area contributed by atoms with E-state index in [0.29, 0.717) is 0 Å². The molecule has 24 heteroatoms. The van der Waals surface area contributed by atoms with Gasteiger partial charge in [-0.25, -0.2) is 33.3 Å². The third-order valence-electron chi connectivity index (χ3n) is 7.85. The lowest BCUT2D eigenvalue weighted by Crippen LogP contribution is -2.37. The van der Waals surface area contributed by atoms with Crippen LogP contribution in [0.4, 0.5) is 8.78 Å². The smallest absolute Gasteiger partial charge is 0.386 e. The average Bonchev–Trinajstić information content (AvgIpc) is 3.81. The van der Waals surface area contributed by atoms with Crippen molar-refractivity contribution in [3.05, 3.63) is 37.5 Å². The first-order chi connectivity index (χ1) is 23.1. The second kappa shape index (κ2) is 12.5. The molecule has 18 nitrogen and oxygen atoms in total. The standard InChI is InChI=1S/C24H24F2N8O10P2S2/c25-13-17-11-5-39-46(36,48)44-18-12(6-40-45(35,47)43-17)42-24(14(18)26)34-10-32-16-20(34)28-8-30-22(16)38-4-2-1-3-37-21-15-19(27-7-29-21)33(9-31-15)23(13)41-11/h1-2,7-14,17-18,23-24H,3-6H2,(H,35,47)(H,36,48)/b2-1+/t11-,12?,13-,14-,17-,18-,23-,24-,45?,46?/m1/s1. The highest BCUT2D eigenvalue weighted by molar-refractivity contribution is 8.44. The van der Waals surface area contributed by atoms with Crippen LogP contribution in [0.2, 0.25) is 0 Å². The van der Waals surface area contributed by atoms with Crippen molar-refractivity contribution in [3.63, 3.8) is 0 Å². The zero-order valence-electron chi connectivity index (χ0n) is 24.1. The summed E-state index contributed by atoms with van der Waals surface area (Å²) >= 11 is 9.25. The van der Waals surface area contributed by atoms with Crippen LogP contribution in [-0.2, 0) is 43.9 Å². The van der Waals surface area contributed by atoms with E-state index in [1.54, 1.807) is 12.2 Å². The van der Waals surface area contributed by atoms with Crippen molar-refractivity contribution in [2.45, 2.75) is 49.2 Å². The zero-order chi connectivity index (χ0) is 33.2. The van der Waals surface area contributed by atoms with Gasteiger partial charge in [-0.2, -0.15) is 9.97 Å². The second-order valence-corrected chi connectivity index (χ2v) is 16.5. The molecule has 0 spiro atoms. The van der Waals surface area contributed by atoms with E-state index in [2.05, 4.69) is 42.2 Å². The van der Waals surface area contributed by atoms with Crippen LogP contribution in [0.15, 0.2) is 37.5 Å². The quantitative estimate of drug-likeness (QED) is 0.151. The molecule has 3 fully saturated rings. The predicted octanol–water partition coefficient (Wildman–Crippen LogP) is 2.54. The SMILES string of the molecule is O=P1(S)OC[C@H]2O[C@@H]3[C@H](F)[C@@H]2OP(O)(=S)OCC2O[C@H]([C@H](F)[C@@H]2O1)n1cnc2c(ncnc21)OC/C=C/COc1ncnc2c1ncn23. The van der Waals surface area contributed by atoms with Crippen molar-refractivity contribution < 1.29 is 55.3 Å². The first kappa shape index (κ1) is 32.5. The fraction of sp³-hybridized carbons (Fsp3) is 0.500. The van der Waals surface area contributed by atoms with Crippen LogP contribution in [0.5, 0.6) is 11.8 Å². The molecule has 48 heavy (non-hydrogen) atoms. The topological polar surface area (TPSA) is 198 Å². The Bertz CT molecular complexity index is 1860. The molecule has 0 amide bonds. The Morgan fingerprint density at radius 2 is 1.29 bits per heavy atom. The van der Waals surface area contributed by atoms with Crippen molar-refractivity contribution in [3.8, 4) is 11.8 Å². The Morgan fingerprint density at radius 1 is 0.792 bits per heavy atom. The van der Waals surface area contributed by atoms with Crippen LogP contribution in [0.25, 0.3) is 22.3 Å². The number of hydrogen-bond donors (Lipinski definition) is 2. The van der Waals surface area contributed by atoms with Crippen LogP contribution < -0.4 is 9.47 Å². The van der Waals surface area contributed by atoms with Crippen LogP contribution in [-0.4, -0.2) is 107 Å². The predicted molar refractivity (Wildman–Crippen MR) is 163 cm³/mol. The third-order valence-corrected chi connectivity index (χ3v) is 11.0. The van der Waals surface area contributed by atoms with Gasteiger partial charge >= 0.3 is 13.5 Å². The summed E-state index contributed by atoms with van der Waals surface area (Å²) in [5, 5.41) is 0. The van der Waals surface area contributed by atoms with Gasteiger partial charge < -0.3 is 28.4 Å². The molecule has 0 radical (unpaired) electrons. The lowest BCUT2D eigenvalue weighted by atomic mass is 10.1. The Balaban J connectivity index is 1.21. The van der Waals surface area contributed by atoms with E-state index in [-0.39, 0.29) is 47.3 Å². The molecule has 4 aromatic rings. The number of alkyl halides is 2. The third kappa shape index (κ3) is 5.91. The molecule has 4 aromatic heterocycles. The van der Waals surface area contributed by atoms with Crippen molar-refractivity contribution in [1.82, 2.24) is 39.0 Å². The molecule has 10 atom stereocenters. The van der Waals surface area contributed by atoms with Gasteiger partial charge in [-0.05, 0) is 24.0 Å². The van der Waals surface area contributed by atoms with E-state index in [9.17, 15) is 9.46 Å². The lowest BCUT2D eigenvalue weighted by molar-refractivity contribution is -0.0564. The summed E-state index contributed by atoms with van der Waals surface area (Å²) in [4.78, 5) is 36.3. The van der Waals surface area contributed by atoms with Crippen LogP contribution in [0.3, 0.4) is 0 Å². The van der Waals surface area contributed by atoms with Crippen LogP contribution in [0.1, 0.15) is 12.5 Å². The summed E-state index contributed by atoms with van der Waals surface area (Å²) in [6.07, 6.45) is -4.53. The molecule has 9 rings (SSSR count). The van der Waals surface area contributed by atoms with Gasteiger partial charge in [0, 0.05) is 0 Å². The van der Waals surface area contributed by atoms with E-state index in [1.807, 2.05) is 0 Å². The van der Waals surface area contributed by atoms with E-state index < -0.39 is 75.9 Å². The molecule has 9 heterocycles. The molecular formula is C24H24F2N8O10P2S2. The Morgan fingerprint density at radius 3 is 1.83 bits per heavy atom. The first-order valence-corrected chi connectivity index (χ1v) is 19.5. The zero-order valence-corrected chi connectivity index (χ0v) is 27.6. The maximum absolute atomic E-state index is 16.2. The lowest BCUT2D eigenvalue weighted by Gasteiger charge is -2.29. The number of imidazole rings is 2. The van der Waals surface area contributed by atoms with Crippen molar-refractivity contribution in [2.24, 2.45) is 0 Å². The number of hydrogen-bond acceptors (Lipinski definition) is 16. The van der Waals surface area contributed by atoms with Gasteiger partial charge in [-0.3, -0.25) is 22.7 Å². The van der Waals surface area contributed by atoms with Gasteiger partial charge in [0.2, 0.25) is 11.8 Å². The monoisotopic (exact) mass is 748 g/mol. The number of halogens is 2. The molecule has 0 aliphatic carbocycles. The Labute approximate surface area is 278 Å². The summed E-state index contributed by atoms with van der Waals surface area (Å²) < 4.78 is 94.0. The first-order valence-electron chi connectivity index (χ1n) is 14.2. The van der Waals surface area contributed by atoms with Gasteiger partial charge in [0.05, 0.1) is 25.9 Å². The summed E-state index contributed by atoms with van der Waals surface area (Å²) in [6.45, 7) is -9.79. The van der Waals surface area contributed by atoms with E-state index in [0.717, 1.165) is 0 Å². The fourth-order valence-electron chi connectivity index (χ4n) is 5.69. The highest BCUT2D eigenvalue weighted by Crippen LogP contribution is 2.58. The number of aromatic nitrogens is 8. The Kier molecular flexibility index (Phi) is 8.48. The van der Waals surface area contributed by atoms with Crippen LogP contribution in [0, 0.1) is 0 Å². The highest BCUT2D eigenvalue weighted by Gasteiger charge is 2.54. The van der Waals surface area contributed by atoms with Gasteiger partial charge in [0.1, 0.15) is 50.3 Å². The molecule has 5 aliphatic heterocycles. The molecule has 14 bridgehead atoms. The summed E-state index contributed by atoms with van der Waals surface area (Å²) in [5.74, 6) is 0.212. The second-order valence-electron chi connectivity index (χ2n) is 10.8. The van der Waals surface area contributed by atoms with Gasteiger partial charge in [-0.15, -0.1) is 0 Å². The number of fused-ring (bicyclic) bond motifs is 10. The molecule has 3 unspecified atom stereocenters. The van der Waals surface area contributed by atoms with E-state index in [4.69, 9.17) is 48.8 Å². The summed E-state index contributed by atoms with van der Waals surface area (Å²) in [6, 6.07) is 0. The maximum atomic E-state index is 16.2. The van der Waals surface area contributed by atoms with Gasteiger partial charge in [0.25, 0.3) is 0 Å². The minimum atomic E-state index is -4.39. The van der Waals surface area contributed by atoms with Gasteiger partial charge in [-0.1, -0.05) is 12.2 Å². The maximum Gasteiger partial charge on any atom is 0.386 e. The molecule has 1 N–H and O–H groups in total. The molecule has 0 saturated carbocycles. The number of thiol groups is 1. The molecule has 3 saturated heterocycles. The molecular weight excluding hydrogens is 724 g/mol. The summed E-state index contributed by atoms with van der Waals surface area (Å²) in [5.41, 5.74) is 0.692. The number of ether oxygens (including phenoxy) is 4. The minimum absolute atomic E-state index is 0.0583. The normalized spacial score (nSPS) is 38.0.